The number of rotatable bonds is 8. The van der Waals surface area contributed by atoms with Crippen molar-refractivity contribution < 1.29 is 19.3 Å². The van der Waals surface area contributed by atoms with Gasteiger partial charge in [-0.05, 0) is 38.9 Å². The minimum Gasteiger partial charge on any atom is -0.478 e. The molecule has 0 amide bonds. The number of hydrogen-bond donors (Lipinski definition) is 2. The molecule has 3 aromatic rings. The van der Waals surface area contributed by atoms with Crippen molar-refractivity contribution in [1.82, 2.24) is 20.4 Å². The molecule has 0 saturated carbocycles. The molecule has 2 heterocycles. The molecule has 4 rings (SSSR count). The molecule has 10 heteroatoms. The van der Waals surface area contributed by atoms with Crippen molar-refractivity contribution in [2.75, 3.05) is 13.6 Å². The SMILES string of the molecule is CNCC1(c2ncno2)C(C)N(Cc2ccccc2)C(C)=C(C(=O)O)C1(C)c1cccc([N+](=O)[O-])c1. The Labute approximate surface area is 208 Å². The van der Waals surface area contributed by atoms with Crippen LogP contribution in [0, 0.1) is 10.1 Å². The summed E-state index contributed by atoms with van der Waals surface area (Å²) in [6.45, 7) is 6.31. The summed E-state index contributed by atoms with van der Waals surface area (Å²) in [5.74, 6) is -0.867. The van der Waals surface area contributed by atoms with E-state index in [0.29, 0.717) is 17.8 Å². The molecule has 3 unspecified atom stereocenters. The summed E-state index contributed by atoms with van der Waals surface area (Å²) >= 11 is 0. The van der Waals surface area contributed by atoms with Crippen LogP contribution in [0.2, 0.25) is 0 Å². The van der Waals surface area contributed by atoms with Crippen LogP contribution in [0.4, 0.5) is 5.69 Å². The van der Waals surface area contributed by atoms with Crippen molar-refractivity contribution in [1.29, 1.82) is 0 Å². The van der Waals surface area contributed by atoms with Gasteiger partial charge in [-0.1, -0.05) is 47.6 Å². The van der Waals surface area contributed by atoms with Gasteiger partial charge in [-0.25, -0.2) is 4.79 Å². The maximum absolute atomic E-state index is 13.0. The molecule has 188 valence electrons. The molecule has 10 nitrogen and oxygen atoms in total. The molecular formula is C26H29N5O5. The molecule has 0 radical (unpaired) electrons. The summed E-state index contributed by atoms with van der Waals surface area (Å²) in [5.41, 5.74) is -0.333. The van der Waals surface area contributed by atoms with Gasteiger partial charge in [0.2, 0.25) is 5.89 Å². The lowest BCUT2D eigenvalue weighted by atomic mass is 9.51. The Morgan fingerprint density at radius 3 is 2.56 bits per heavy atom. The van der Waals surface area contributed by atoms with Gasteiger partial charge in [-0.2, -0.15) is 4.98 Å². The van der Waals surface area contributed by atoms with Crippen LogP contribution in [0.1, 0.15) is 37.8 Å². The smallest absolute Gasteiger partial charge is 0.334 e. The lowest BCUT2D eigenvalue weighted by Gasteiger charge is -2.58. The zero-order chi connectivity index (χ0) is 26.1. The fourth-order valence-corrected chi connectivity index (χ4v) is 5.88. The standard InChI is InChI=1S/C26H29N5O5/c1-17-22(23(32)33)25(3,20-11-8-12-21(13-20)31(34)35)26(15-27-4,24-28-16-29-36-24)18(2)30(17)14-19-9-6-5-7-10-19/h5-13,16,18,27H,14-15H2,1-4H3,(H,32,33). The lowest BCUT2D eigenvalue weighted by molar-refractivity contribution is -0.385. The zero-order valence-corrected chi connectivity index (χ0v) is 20.6. The monoisotopic (exact) mass is 491 g/mol. The summed E-state index contributed by atoms with van der Waals surface area (Å²) in [6.07, 6.45) is 1.29. The first kappa shape index (κ1) is 25.1. The van der Waals surface area contributed by atoms with E-state index in [-0.39, 0.29) is 29.7 Å². The fraction of sp³-hybridized carbons (Fsp3) is 0.346. The Morgan fingerprint density at radius 2 is 1.97 bits per heavy atom. The maximum Gasteiger partial charge on any atom is 0.334 e. The minimum absolute atomic E-state index is 0.116. The molecule has 0 spiro atoms. The van der Waals surface area contributed by atoms with Crippen molar-refractivity contribution in [3.8, 4) is 0 Å². The number of carboxylic acid groups (broad SMARTS) is 1. The summed E-state index contributed by atoms with van der Waals surface area (Å²) in [4.78, 5) is 30.7. The van der Waals surface area contributed by atoms with Crippen LogP contribution in [0.15, 0.2) is 76.7 Å². The largest absolute Gasteiger partial charge is 0.478 e. The van der Waals surface area contributed by atoms with Gasteiger partial charge < -0.3 is 19.8 Å². The Hall–Kier alpha value is -4.05. The second kappa shape index (κ2) is 9.54. The molecule has 1 aliphatic heterocycles. The van der Waals surface area contributed by atoms with E-state index in [9.17, 15) is 20.0 Å². The number of aromatic nitrogens is 2. The zero-order valence-electron chi connectivity index (χ0n) is 20.6. The van der Waals surface area contributed by atoms with E-state index >= 15 is 0 Å². The molecule has 0 aliphatic carbocycles. The highest BCUT2D eigenvalue weighted by atomic mass is 16.6. The third-order valence-electron chi connectivity index (χ3n) is 7.61. The van der Waals surface area contributed by atoms with Crippen LogP contribution in [0.25, 0.3) is 0 Å². The van der Waals surface area contributed by atoms with Crippen LogP contribution in [-0.2, 0) is 22.2 Å². The number of carboxylic acids is 1. The van der Waals surface area contributed by atoms with Gasteiger partial charge >= 0.3 is 5.97 Å². The number of benzene rings is 2. The number of carbonyl (C=O) groups is 1. The first-order valence-electron chi connectivity index (χ1n) is 11.6. The number of aliphatic carboxylic acids is 1. The van der Waals surface area contributed by atoms with Gasteiger partial charge in [-0.15, -0.1) is 0 Å². The Morgan fingerprint density at radius 1 is 1.25 bits per heavy atom. The van der Waals surface area contributed by atoms with E-state index in [1.165, 1.54) is 18.5 Å². The van der Waals surface area contributed by atoms with E-state index in [0.717, 1.165) is 5.56 Å². The van der Waals surface area contributed by atoms with Crippen molar-refractivity contribution in [3.05, 3.63) is 99.3 Å². The van der Waals surface area contributed by atoms with Crippen LogP contribution in [0.3, 0.4) is 0 Å². The third kappa shape index (κ3) is 3.74. The number of nitrogens with zero attached hydrogens (tertiary/aromatic N) is 4. The molecule has 1 aliphatic rings. The predicted molar refractivity (Wildman–Crippen MR) is 132 cm³/mol. The van der Waals surface area contributed by atoms with Gasteiger partial charge in [0, 0.05) is 42.4 Å². The normalized spacial score (nSPS) is 24.1. The second-order valence-corrected chi connectivity index (χ2v) is 9.24. The molecule has 1 aromatic heterocycles. The number of likely N-dealkylation sites (N-methyl/N-ethyl adjacent to an activating group) is 1. The van der Waals surface area contributed by atoms with Crippen molar-refractivity contribution >= 4 is 11.7 Å². The number of nitro benzene ring substituents is 1. The first-order valence-corrected chi connectivity index (χ1v) is 11.6. The quantitative estimate of drug-likeness (QED) is 0.357. The fourth-order valence-electron chi connectivity index (χ4n) is 5.88. The van der Waals surface area contributed by atoms with Crippen LogP contribution < -0.4 is 5.32 Å². The third-order valence-corrected chi connectivity index (χ3v) is 7.61. The molecule has 3 atom stereocenters. The van der Waals surface area contributed by atoms with E-state index < -0.39 is 21.7 Å². The van der Waals surface area contributed by atoms with E-state index in [4.69, 9.17) is 4.52 Å². The van der Waals surface area contributed by atoms with E-state index in [2.05, 4.69) is 15.5 Å². The Bertz CT molecular complexity index is 1290. The molecule has 0 saturated heterocycles. The molecule has 36 heavy (non-hydrogen) atoms. The number of nitro groups is 1. The van der Waals surface area contributed by atoms with Gasteiger partial charge in [0.25, 0.3) is 5.69 Å². The molecule has 0 fully saturated rings. The van der Waals surface area contributed by atoms with Crippen LogP contribution in [-0.4, -0.2) is 50.7 Å². The Balaban J connectivity index is 2.09. The molecule has 2 aromatic carbocycles. The number of non-ortho nitro benzene ring substituents is 1. The van der Waals surface area contributed by atoms with Crippen molar-refractivity contribution in [3.63, 3.8) is 0 Å². The number of allylic oxidation sites excluding steroid dienone is 1. The summed E-state index contributed by atoms with van der Waals surface area (Å²) < 4.78 is 5.68. The number of hydrogen-bond acceptors (Lipinski definition) is 8. The predicted octanol–water partition coefficient (Wildman–Crippen LogP) is 3.66. The average Bonchev–Trinajstić information content (AvgIpc) is 3.40. The maximum atomic E-state index is 13.0. The van der Waals surface area contributed by atoms with Crippen molar-refractivity contribution in [2.24, 2.45) is 0 Å². The average molecular weight is 492 g/mol. The summed E-state index contributed by atoms with van der Waals surface area (Å²) in [7, 11) is 1.77. The van der Waals surface area contributed by atoms with Crippen molar-refractivity contribution in [2.45, 2.75) is 44.2 Å². The highest BCUT2D eigenvalue weighted by Crippen LogP contribution is 2.56. The van der Waals surface area contributed by atoms with Gasteiger partial charge in [0.15, 0.2) is 6.33 Å². The topological polar surface area (TPSA) is 135 Å². The minimum atomic E-state index is -1.28. The Kier molecular flexibility index (Phi) is 6.64. The number of nitrogens with one attached hydrogen (secondary N) is 1. The van der Waals surface area contributed by atoms with E-state index in [1.807, 2.05) is 42.2 Å². The molecular weight excluding hydrogens is 462 g/mol. The van der Waals surface area contributed by atoms with Gasteiger partial charge in [0.1, 0.15) is 0 Å². The van der Waals surface area contributed by atoms with Gasteiger partial charge in [0.05, 0.1) is 15.9 Å². The summed E-state index contributed by atoms with van der Waals surface area (Å²) in [5, 5.41) is 29.4. The van der Waals surface area contributed by atoms with E-state index in [1.54, 1.807) is 33.0 Å². The first-order chi connectivity index (χ1) is 17.2. The molecule has 2 N–H and O–H groups in total. The lowest BCUT2D eigenvalue weighted by Crippen LogP contribution is -2.67. The highest BCUT2D eigenvalue weighted by Gasteiger charge is 2.64. The second-order valence-electron chi connectivity index (χ2n) is 9.24. The summed E-state index contributed by atoms with van der Waals surface area (Å²) in [6, 6.07) is 15.6. The van der Waals surface area contributed by atoms with Gasteiger partial charge in [-0.3, -0.25) is 10.1 Å². The van der Waals surface area contributed by atoms with Crippen LogP contribution >= 0.6 is 0 Å². The van der Waals surface area contributed by atoms with Crippen LogP contribution in [0.5, 0.6) is 0 Å². The molecule has 0 bridgehead atoms. The highest BCUT2D eigenvalue weighted by molar-refractivity contribution is 5.92.